The number of urea groups is 1. The molecule has 2 aliphatic heterocycles. The van der Waals surface area contributed by atoms with Gasteiger partial charge in [-0.1, -0.05) is 6.92 Å². The van der Waals surface area contributed by atoms with Crippen LogP contribution < -0.4 is 15.5 Å². The van der Waals surface area contributed by atoms with Crippen LogP contribution in [0.3, 0.4) is 0 Å². The van der Waals surface area contributed by atoms with Gasteiger partial charge in [0.1, 0.15) is 11.4 Å². The Kier molecular flexibility index (Phi) is 4.34. The van der Waals surface area contributed by atoms with Crippen molar-refractivity contribution in [2.24, 2.45) is 0 Å². The monoisotopic (exact) mass is 359 g/mol. The van der Waals surface area contributed by atoms with Crippen LogP contribution in [0.15, 0.2) is 17.7 Å². The normalized spacial score (nSPS) is 21.9. The second-order valence-electron chi connectivity index (χ2n) is 7.39. The van der Waals surface area contributed by atoms with Crippen LogP contribution in [-0.2, 0) is 9.59 Å². The highest BCUT2D eigenvalue weighted by atomic mass is 19.1. The average molecular weight is 359 g/mol. The maximum Gasteiger partial charge on any atom is 0.328 e. The van der Waals surface area contributed by atoms with Gasteiger partial charge in [0.25, 0.3) is 11.8 Å². The summed E-state index contributed by atoms with van der Waals surface area (Å²) in [4.78, 5) is 37.1. The molecule has 2 aliphatic rings. The zero-order chi connectivity index (χ0) is 19.2. The SMILES string of the molecule is CCN1c2cc(F)c(C=C3C(=O)NC(=O)NC3=O)cc2C(C)CC1(C)C. The van der Waals surface area contributed by atoms with Crippen molar-refractivity contribution >= 4 is 29.6 Å². The molecule has 6 nitrogen and oxygen atoms in total. The minimum atomic E-state index is -0.877. The fraction of sp³-hybridized carbons (Fsp3) is 0.421. The lowest BCUT2D eigenvalue weighted by molar-refractivity contribution is -0.123. The molecule has 1 aromatic rings. The number of barbiturate groups is 1. The number of carbonyl (C=O) groups is 3. The van der Waals surface area contributed by atoms with Gasteiger partial charge in [0.15, 0.2) is 0 Å². The molecule has 7 heteroatoms. The van der Waals surface area contributed by atoms with Crippen LogP contribution in [0.25, 0.3) is 6.08 Å². The van der Waals surface area contributed by atoms with E-state index in [4.69, 9.17) is 0 Å². The number of amides is 4. The van der Waals surface area contributed by atoms with Crippen molar-refractivity contribution in [3.05, 3.63) is 34.6 Å². The summed E-state index contributed by atoms with van der Waals surface area (Å²) in [6, 6.07) is 2.28. The lowest BCUT2D eigenvalue weighted by atomic mass is 9.79. The molecule has 1 aromatic carbocycles. The van der Waals surface area contributed by atoms with E-state index in [1.807, 2.05) is 17.6 Å². The van der Waals surface area contributed by atoms with Crippen LogP contribution in [0.1, 0.15) is 51.2 Å². The molecule has 1 saturated heterocycles. The van der Waals surface area contributed by atoms with E-state index in [2.05, 4.69) is 25.7 Å². The number of imide groups is 2. The number of carbonyl (C=O) groups excluding carboxylic acids is 3. The number of fused-ring (bicyclic) bond motifs is 1. The molecule has 4 amide bonds. The number of hydrogen-bond acceptors (Lipinski definition) is 4. The van der Waals surface area contributed by atoms with Crippen molar-refractivity contribution < 1.29 is 18.8 Å². The Morgan fingerprint density at radius 1 is 1.23 bits per heavy atom. The number of nitrogens with zero attached hydrogens (tertiary/aromatic N) is 1. The maximum absolute atomic E-state index is 14.8. The highest BCUT2D eigenvalue weighted by molar-refractivity contribution is 6.31. The second-order valence-corrected chi connectivity index (χ2v) is 7.39. The van der Waals surface area contributed by atoms with Crippen molar-refractivity contribution in [3.63, 3.8) is 0 Å². The number of halogens is 1. The Labute approximate surface area is 151 Å². The molecule has 0 aromatic heterocycles. The molecule has 0 saturated carbocycles. The molecule has 0 bridgehead atoms. The summed E-state index contributed by atoms with van der Waals surface area (Å²) in [7, 11) is 0. The number of hydrogen-bond donors (Lipinski definition) is 2. The molecular formula is C19H22FN3O3. The summed E-state index contributed by atoms with van der Waals surface area (Å²) in [6.45, 7) is 9.14. The summed E-state index contributed by atoms with van der Waals surface area (Å²) >= 11 is 0. The van der Waals surface area contributed by atoms with Gasteiger partial charge in [0, 0.05) is 23.3 Å². The minimum Gasteiger partial charge on any atom is -0.366 e. The van der Waals surface area contributed by atoms with Crippen LogP contribution in [-0.4, -0.2) is 29.9 Å². The first-order chi connectivity index (χ1) is 12.1. The first kappa shape index (κ1) is 18.1. The molecule has 138 valence electrons. The minimum absolute atomic E-state index is 0.0862. The first-order valence-corrected chi connectivity index (χ1v) is 8.63. The Morgan fingerprint density at radius 2 is 1.85 bits per heavy atom. The zero-order valence-electron chi connectivity index (χ0n) is 15.3. The molecule has 1 unspecified atom stereocenters. The lowest BCUT2D eigenvalue weighted by Gasteiger charge is -2.47. The predicted molar refractivity (Wildman–Crippen MR) is 96.2 cm³/mol. The zero-order valence-corrected chi connectivity index (χ0v) is 15.3. The molecule has 1 fully saturated rings. The topological polar surface area (TPSA) is 78.5 Å². The number of nitrogens with one attached hydrogen (secondary N) is 2. The smallest absolute Gasteiger partial charge is 0.328 e. The van der Waals surface area contributed by atoms with E-state index >= 15 is 0 Å². The van der Waals surface area contributed by atoms with Crippen LogP contribution >= 0.6 is 0 Å². The fourth-order valence-electron chi connectivity index (χ4n) is 3.99. The van der Waals surface area contributed by atoms with Crippen molar-refractivity contribution in [1.82, 2.24) is 10.6 Å². The molecular weight excluding hydrogens is 337 g/mol. The van der Waals surface area contributed by atoms with E-state index < -0.39 is 23.7 Å². The fourth-order valence-corrected chi connectivity index (χ4v) is 3.99. The van der Waals surface area contributed by atoms with Gasteiger partial charge in [-0.25, -0.2) is 9.18 Å². The van der Waals surface area contributed by atoms with Crippen molar-refractivity contribution in [3.8, 4) is 0 Å². The second kappa shape index (κ2) is 6.23. The van der Waals surface area contributed by atoms with Gasteiger partial charge >= 0.3 is 6.03 Å². The number of rotatable bonds is 2. The first-order valence-electron chi connectivity index (χ1n) is 8.63. The van der Waals surface area contributed by atoms with Crippen LogP contribution in [0.5, 0.6) is 0 Å². The summed E-state index contributed by atoms with van der Waals surface area (Å²) < 4.78 is 14.8. The Bertz CT molecular complexity index is 823. The van der Waals surface area contributed by atoms with Gasteiger partial charge < -0.3 is 4.90 Å². The summed E-state index contributed by atoms with van der Waals surface area (Å²) in [5, 5.41) is 3.98. The van der Waals surface area contributed by atoms with Crippen molar-refractivity contribution in [2.45, 2.75) is 45.6 Å². The molecule has 0 aliphatic carbocycles. The Balaban J connectivity index is 2.08. The van der Waals surface area contributed by atoms with Gasteiger partial charge in [-0.2, -0.15) is 0 Å². The highest BCUT2D eigenvalue weighted by Gasteiger charge is 2.36. The highest BCUT2D eigenvalue weighted by Crippen LogP contribution is 2.44. The molecule has 3 rings (SSSR count). The summed E-state index contributed by atoms with van der Waals surface area (Å²) in [5.74, 6) is -1.98. The number of benzene rings is 1. The van der Waals surface area contributed by atoms with Gasteiger partial charge in [0.05, 0.1) is 0 Å². The summed E-state index contributed by atoms with van der Waals surface area (Å²) in [6.07, 6.45) is 2.10. The van der Waals surface area contributed by atoms with E-state index in [0.717, 1.165) is 24.2 Å². The third-order valence-corrected chi connectivity index (χ3v) is 5.06. The van der Waals surface area contributed by atoms with Gasteiger partial charge in [0.2, 0.25) is 0 Å². The van der Waals surface area contributed by atoms with Crippen molar-refractivity contribution in [1.29, 1.82) is 0 Å². The van der Waals surface area contributed by atoms with Crippen LogP contribution in [0.4, 0.5) is 14.9 Å². The third-order valence-electron chi connectivity index (χ3n) is 5.06. The standard InChI is InChI=1S/C19H22FN3O3/c1-5-23-15-8-14(20)11(6-12(15)10(2)9-19(23,3)4)7-13-16(24)21-18(26)22-17(13)25/h6-8,10H,5,9H2,1-4H3,(H2,21,22,24,25,26). The average Bonchev–Trinajstić information content (AvgIpc) is 2.51. The molecule has 0 spiro atoms. The molecule has 2 N–H and O–H groups in total. The third kappa shape index (κ3) is 2.98. The van der Waals surface area contributed by atoms with E-state index in [9.17, 15) is 18.8 Å². The largest absolute Gasteiger partial charge is 0.366 e. The Hall–Kier alpha value is -2.70. The molecule has 0 radical (unpaired) electrons. The van der Waals surface area contributed by atoms with E-state index in [-0.39, 0.29) is 22.6 Å². The van der Waals surface area contributed by atoms with Crippen LogP contribution in [0.2, 0.25) is 0 Å². The molecule has 26 heavy (non-hydrogen) atoms. The van der Waals surface area contributed by atoms with Gasteiger partial charge in [-0.3, -0.25) is 20.2 Å². The van der Waals surface area contributed by atoms with E-state index in [1.54, 1.807) is 6.07 Å². The predicted octanol–water partition coefficient (Wildman–Crippen LogP) is 2.69. The van der Waals surface area contributed by atoms with Crippen LogP contribution in [0, 0.1) is 5.82 Å². The lowest BCUT2D eigenvalue weighted by Crippen LogP contribution is -2.51. The van der Waals surface area contributed by atoms with E-state index in [0.29, 0.717) is 0 Å². The van der Waals surface area contributed by atoms with E-state index in [1.165, 1.54) is 12.1 Å². The molecule has 1 atom stereocenters. The Morgan fingerprint density at radius 3 is 2.42 bits per heavy atom. The van der Waals surface area contributed by atoms with Gasteiger partial charge in [-0.05, 0) is 56.9 Å². The number of anilines is 1. The maximum atomic E-state index is 14.8. The summed E-state index contributed by atoms with van der Waals surface area (Å²) in [5.41, 5.74) is 1.59. The van der Waals surface area contributed by atoms with Gasteiger partial charge in [-0.15, -0.1) is 0 Å². The molecule has 2 heterocycles. The van der Waals surface area contributed by atoms with Crippen molar-refractivity contribution in [2.75, 3.05) is 11.4 Å². The quantitative estimate of drug-likeness (QED) is 0.629.